The van der Waals surface area contributed by atoms with Gasteiger partial charge in [0.25, 0.3) is 5.91 Å². The summed E-state index contributed by atoms with van der Waals surface area (Å²) in [5.74, 6) is -3.13. The topological polar surface area (TPSA) is 119 Å². The highest BCUT2D eigenvalue weighted by molar-refractivity contribution is 6.40. The van der Waals surface area contributed by atoms with E-state index in [-0.39, 0.29) is 29.6 Å². The van der Waals surface area contributed by atoms with Gasteiger partial charge in [0.1, 0.15) is 11.5 Å². The monoisotopic (exact) mass is 610 g/mol. The average Bonchev–Trinajstić information content (AvgIpc) is 3.11. The van der Waals surface area contributed by atoms with Crippen molar-refractivity contribution in [3.05, 3.63) is 35.9 Å². The Bertz CT molecular complexity index is 1080. The molecule has 14 heteroatoms. The number of hydrazone groups is 1. The van der Waals surface area contributed by atoms with Gasteiger partial charge in [-0.3, -0.25) is 14.4 Å². The standard InChI is InChI=1S/C23H32N4O3.C2HF3O2.CH2Cl2/c1-6-17(24-20(29)22(2,3)4)19(28)27-13-12-18-23(15-27,21(30)26(5)25-18)14-16-10-8-7-9-11-16;3-2(4,5)1(6)7;2-1-3/h7-11,17H,6,12-15H2,1-5H3,(H,24,29);(H,6,7);1H2. The second kappa shape index (κ2) is 14.7. The number of likely N-dealkylation sites (tertiary alicyclic amines) is 1. The van der Waals surface area contributed by atoms with Gasteiger partial charge < -0.3 is 15.3 Å². The van der Waals surface area contributed by atoms with Gasteiger partial charge in [-0.05, 0) is 18.4 Å². The molecule has 1 aromatic rings. The fourth-order valence-electron chi connectivity index (χ4n) is 4.15. The molecule has 1 saturated heterocycles. The highest BCUT2D eigenvalue weighted by Crippen LogP contribution is 2.38. The number of carbonyl (C=O) groups excluding carboxylic acids is 3. The van der Waals surface area contributed by atoms with Crippen LogP contribution in [0.3, 0.4) is 0 Å². The van der Waals surface area contributed by atoms with Crippen molar-refractivity contribution in [2.45, 2.75) is 59.2 Å². The number of nitrogens with one attached hydrogen (secondary N) is 1. The molecule has 0 saturated carbocycles. The van der Waals surface area contributed by atoms with E-state index in [1.807, 2.05) is 58.0 Å². The number of benzene rings is 1. The van der Waals surface area contributed by atoms with Crippen molar-refractivity contribution in [2.24, 2.45) is 15.9 Å². The molecule has 1 aromatic carbocycles. The summed E-state index contributed by atoms with van der Waals surface area (Å²) in [6.07, 6.45) is -3.53. The zero-order chi connectivity index (χ0) is 30.9. The average molecular weight is 611 g/mol. The molecule has 1 fully saturated rings. The van der Waals surface area contributed by atoms with Gasteiger partial charge in [0, 0.05) is 32.0 Å². The fraction of sp³-hybridized carbons (Fsp3) is 0.577. The lowest BCUT2D eigenvalue weighted by Crippen LogP contribution is -2.59. The van der Waals surface area contributed by atoms with Crippen LogP contribution in [0.25, 0.3) is 0 Å². The minimum absolute atomic E-state index is 0.0781. The summed E-state index contributed by atoms with van der Waals surface area (Å²) in [4.78, 5) is 49.6. The number of nitrogens with zero attached hydrogens (tertiary/aromatic N) is 3. The summed E-state index contributed by atoms with van der Waals surface area (Å²) >= 11 is 9.53. The fourth-order valence-corrected chi connectivity index (χ4v) is 4.15. The molecule has 2 unspecified atom stereocenters. The van der Waals surface area contributed by atoms with Crippen molar-refractivity contribution in [3.8, 4) is 0 Å². The number of carboxylic acids is 1. The molecule has 0 bridgehead atoms. The van der Waals surface area contributed by atoms with Crippen molar-refractivity contribution >= 4 is 52.6 Å². The highest BCUT2D eigenvalue weighted by atomic mass is 35.5. The predicted molar refractivity (Wildman–Crippen MR) is 146 cm³/mol. The van der Waals surface area contributed by atoms with E-state index in [4.69, 9.17) is 33.1 Å². The van der Waals surface area contributed by atoms with Gasteiger partial charge in [-0.15, -0.1) is 23.2 Å². The molecule has 0 spiro atoms. The van der Waals surface area contributed by atoms with Crippen molar-refractivity contribution < 1.29 is 37.5 Å². The van der Waals surface area contributed by atoms with Crippen LogP contribution in [0.2, 0.25) is 0 Å². The Morgan fingerprint density at radius 3 is 2.12 bits per heavy atom. The quantitative estimate of drug-likeness (QED) is 0.483. The van der Waals surface area contributed by atoms with E-state index in [0.29, 0.717) is 25.8 Å². The number of hydrogen-bond acceptors (Lipinski definition) is 5. The zero-order valence-corrected chi connectivity index (χ0v) is 24.5. The second-order valence-corrected chi connectivity index (χ2v) is 11.0. The van der Waals surface area contributed by atoms with Crippen molar-refractivity contribution in [1.82, 2.24) is 15.2 Å². The number of halogens is 5. The van der Waals surface area contributed by atoms with Crippen LogP contribution in [0.15, 0.2) is 35.4 Å². The molecule has 0 radical (unpaired) electrons. The minimum Gasteiger partial charge on any atom is -0.475 e. The van der Waals surface area contributed by atoms with Crippen molar-refractivity contribution in [2.75, 3.05) is 25.5 Å². The lowest BCUT2D eigenvalue weighted by atomic mass is 9.73. The normalized spacial score (nSPS) is 19.2. The maximum Gasteiger partial charge on any atom is 0.490 e. The van der Waals surface area contributed by atoms with Crippen LogP contribution in [0.1, 0.15) is 46.1 Å². The van der Waals surface area contributed by atoms with Gasteiger partial charge in [0.15, 0.2) is 0 Å². The molecule has 0 aromatic heterocycles. The van der Waals surface area contributed by atoms with Crippen molar-refractivity contribution in [1.29, 1.82) is 0 Å². The van der Waals surface area contributed by atoms with Crippen LogP contribution in [0.5, 0.6) is 0 Å². The lowest BCUT2D eigenvalue weighted by molar-refractivity contribution is -0.192. The Morgan fingerprint density at radius 1 is 1.15 bits per heavy atom. The van der Waals surface area contributed by atoms with Gasteiger partial charge in [-0.2, -0.15) is 18.3 Å². The SMILES string of the molecule is CCC(NC(=O)C(C)(C)C)C(=O)N1CCC2=NN(C)C(=O)C2(Cc2ccccc2)C1.ClCCl.O=C(O)C(F)(F)F. The number of aliphatic carboxylic acids is 1. The second-order valence-electron chi connectivity index (χ2n) is 10.2. The lowest BCUT2D eigenvalue weighted by Gasteiger charge is -2.40. The summed E-state index contributed by atoms with van der Waals surface area (Å²) in [5, 5.41) is 16.1. The summed E-state index contributed by atoms with van der Waals surface area (Å²) in [7, 11) is 1.67. The third kappa shape index (κ3) is 9.36. The molecule has 2 aliphatic rings. The van der Waals surface area contributed by atoms with Crippen LogP contribution < -0.4 is 5.32 Å². The maximum absolute atomic E-state index is 13.3. The Labute approximate surface area is 241 Å². The minimum atomic E-state index is -5.08. The van der Waals surface area contributed by atoms with Crippen LogP contribution in [0.4, 0.5) is 13.2 Å². The number of rotatable bonds is 5. The molecular weight excluding hydrogens is 576 g/mol. The van der Waals surface area contributed by atoms with E-state index in [0.717, 1.165) is 11.3 Å². The molecule has 9 nitrogen and oxygen atoms in total. The number of hydrogen-bond donors (Lipinski definition) is 2. The van der Waals surface area contributed by atoms with E-state index >= 15 is 0 Å². The Morgan fingerprint density at radius 2 is 1.68 bits per heavy atom. The summed E-state index contributed by atoms with van der Waals surface area (Å²) in [6.45, 7) is 8.14. The predicted octanol–water partition coefficient (Wildman–Crippen LogP) is 4.27. The first-order valence-corrected chi connectivity index (χ1v) is 13.4. The Hall–Kier alpha value is -2.86. The van der Waals surface area contributed by atoms with Crippen molar-refractivity contribution in [3.63, 3.8) is 0 Å². The molecule has 2 heterocycles. The first kappa shape index (κ1) is 35.2. The van der Waals surface area contributed by atoms with Crippen LogP contribution in [-0.4, -0.2) is 82.1 Å². The van der Waals surface area contributed by atoms with E-state index in [1.54, 1.807) is 11.9 Å². The van der Waals surface area contributed by atoms with Gasteiger partial charge in [-0.25, -0.2) is 9.80 Å². The van der Waals surface area contributed by atoms with Gasteiger partial charge in [0.2, 0.25) is 11.8 Å². The first-order chi connectivity index (χ1) is 18.4. The first-order valence-electron chi connectivity index (χ1n) is 12.4. The summed E-state index contributed by atoms with van der Waals surface area (Å²) < 4.78 is 31.7. The van der Waals surface area contributed by atoms with E-state index < -0.39 is 29.0 Å². The van der Waals surface area contributed by atoms with Crippen LogP contribution in [0, 0.1) is 10.8 Å². The van der Waals surface area contributed by atoms with Gasteiger partial charge >= 0.3 is 12.1 Å². The summed E-state index contributed by atoms with van der Waals surface area (Å²) in [6, 6.07) is 9.24. The molecule has 2 aliphatic heterocycles. The van der Waals surface area contributed by atoms with E-state index in [1.165, 1.54) is 5.01 Å². The number of amides is 3. The smallest absolute Gasteiger partial charge is 0.475 e. The zero-order valence-electron chi connectivity index (χ0n) is 23.0. The van der Waals surface area contributed by atoms with Gasteiger partial charge in [0.05, 0.1) is 11.1 Å². The van der Waals surface area contributed by atoms with E-state index in [9.17, 15) is 27.6 Å². The Balaban J connectivity index is 0.000000687. The molecule has 2 N–H and O–H groups in total. The number of piperidine rings is 1. The molecule has 3 amide bonds. The third-order valence-electron chi connectivity index (χ3n) is 6.20. The number of alkyl halides is 5. The van der Waals surface area contributed by atoms with Crippen LogP contribution >= 0.6 is 23.2 Å². The van der Waals surface area contributed by atoms with Crippen LogP contribution in [-0.2, 0) is 25.6 Å². The Kier molecular flexibility index (Phi) is 12.9. The van der Waals surface area contributed by atoms with Gasteiger partial charge in [-0.1, -0.05) is 58.0 Å². The molecule has 3 rings (SSSR count). The third-order valence-corrected chi connectivity index (χ3v) is 6.20. The maximum atomic E-state index is 13.3. The number of carbonyl (C=O) groups is 4. The molecule has 2 atom stereocenters. The highest BCUT2D eigenvalue weighted by Gasteiger charge is 2.53. The molecule has 224 valence electrons. The summed E-state index contributed by atoms with van der Waals surface area (Å²) in [5.41, 5.74) is 0.468. The van der Waals surface area contributed by atoms with E-state index in [2.05, 4.69) is 10.4 Å². The largest absolute Gasteiger partial charge is 0.490 e. The molecular formula is C26H35Cl2F3N4O5. The molecule has 0 aliphatic carbocycles. The number of carboxylic acid groups (broad SMARTS) is 1. The molecule has 40 heavy (non-hydrogen) atoms. The number of fused-ring (bicyclic) bond motifs is 1.